The van der Waals surface area contributed by atoms with Gasteiger partial charge in [-0.15, -0.1) is 0 Å². The van der Waals surface area contributed by atoms with E-state index in [2.05, 4.69) is 0 Å². The average molecular weight is 295 g/mol. The van der Waals surface area contributed by atoms with E-state index in [9.17, 15) is 0 Å². The summed E-state index contributed by atoms with van der Waals surface area (Å²) in [5.74, 6) is 0. The smallest absolute Gasteiger partial charge is 0.756 e. The van der Waals surface area contributed by atoms with Gasteiger partial charge in [0.1, 0.15) is 0 Å². The van der Waals surface area contributed by atoms with Crippen LogP contribution in [0.25, 0.3) is 0 Å². The Labute approximate surface area is 85.1 Å². The van der Waals surface area contributed by atoms with Gasteiger partial charge in [0.25, 0.3) is 15.6 Å². The van der Waals surface area contributed by atoms with Crippen molar-refractivity contribution < 1.29 is 68.9 Å². The molecule has 0 aromatic carbocycles. The number of rotatable bonds is 0. The van der Waals surface area contributed by atoms with Crippen LogP contribution in [0, 0.1) is 0 Å². The topological polar surface area (TPSA) is 224 Å². The maximum absolute atomic E-state index is 8.77. The fourth-order valence-corrected chi connectivity index (χ4v) is 0. The normalized spacial score (nSPS) is 9.08. The zero-order valence-corrected chi connectivity index (χ0v) is 10.8. The minimum absolute atomic E-state index is 0. The van der Waals surface area contributed by atoms with E-state index in [4.69, 9.17) is 38.5 Å². The predicted octanol–water partition coefficient (Wildman–Crippen LogP) is -4.77. The first-order valence-electron chi connectivity index (χ1n) is 1.53. The molecule has 0 atom stereocenters. The van der Waals surface area contributed by atoms with Crippen LogP contribution in [-0.4, -0.2) is 30.5 Å². The Morgan fingerprint density at radius 3 is 0.769 bits per heavy atom. The van der Waals surface area contributed by atoms with Crippen molar-refractivity contribution in [3.63, 3.8) is 0 Å². The fourth-order valence-electron chi connectivity index (χ4n) is 0. The molecule has 0 fully saturated rings. The molecule has 0 heterocycles. The molecule has 8 N–H and O–H groups in total. The van der Waals surface area contributed by atoms with Gasteiger partial charge in [0.2, 0.25) is 0 Å². The predicted molar refractivity (Wildman–Crippen MR) is 31.3 cm³/mol. The second-order valence-corrected chi connectivity index (χ2v) is 2.94. The monoisotopic (exact) mass is 294 g/mol. The van der Waals surface area contributed by atoms with E-state index in [0.717, 1.165) is 0 Å². The van der Waals surface area contributed by atoms with Gasteiger partial charge in [0.05, 0.1) is 0 Å². The summed E-state index contributed by atoms with van der Waals surface area (Å²) in [4.78, 5) is 45.8. The van der Waals surface area contributed by atoms with E-state index in [1.807, 2.05) is 0 Å². The SMILES string of the molecule is O.O.O=P([O-])(O)O.O=P([O-])(O)O.[Zn+2]. The van der Waals surface area contributed by atoms with Crippen LogP contribution in [0.2, 0.25) is 0 Å². The summed E-state index contributed by atoms with van der Waals surface area (Å²) in [6.07, 6.45) is 0. The van der Waals surface area contributed by atoms with Crippen molar-refractivity contribution in [3.05, 3.63) is 0 Å². The van der Waals surface area contributed by atoms with Crippen LogP contribution in [-0.2, 0) is 28.6 Å². The first kappa shape index (κ1) is 29.2. The van der Waals surface area contributed by atoms with E-state index >= 15 is 0 Å². The van der Waals surface area contributed by atoms with Crippen LogP contribution in [0.4, 0.5) is 0 Å². The van der Waals surface area contributed by atoms with Crippen LogP contribution >= 0.6 is 15.6 Å². The minimum Gasteiger partial charge on any atom is -0.756 e. The fraction of sp³-hybridized carbons (Fsp3) is 0. The standard InChI is InChI=1S/2H3O4P.2H2O.Zn/c2*1-5(2,3)4;;;/h2*(H3,1,2,3,4);2*1H2;/q;;;;+2/p-2. The molecule has 0 bridgehead atoms. The van der Waals surface area contributed by atoms with Crippen LogP contribution in [0.15, 0.2) is 0 Å². The Morgan fingerprint density at radius 2 is 0.769 bits per heavy atom. The minimum atomic E-state index is -4.89. The first-order chi connectivity index (χ1) is 4.00. The zero-order valence-electron chi connectivity index (χ0n) is 6.02. The average Bonchev–Trinajstić information content (AvgIpc) is 1.12. The molecule has 0 saturated heterocycles. The van der Waals surface area contributed by atoms with Gasteiger partial charge in [-0.3, -0.25) is 9.13 Å². The largest absolute Gasteiger partial charge is 2.00 e. The van der Waals surface area contributed by atoms with Gasteiger partial charge in [-0.25, -0.2) is 0 Å². The van der Waals surface area contributed by atoms with Crippen LogP contribution in [0.1, 0.15) is 0 Å². The summed E-state index contributed by atoms with van der Waals surface area (Å²) in [7, 11) is -9.78. The zero-order chi connectivity index (χ0) is 9.00. The second kappa shape index (κ2) is 10.8. The molecule has 0 aromatic heterocycles. The molecule has 0 rings (SSSR count). The molecular formula is H8O10P2Zn. The van der Waals surface area contributed by atoms with Gasteiger partial charge in [0.15, 0.2) is 0 Å². The molecule has 0 aromatic rings. The van der Waals surface area contributed by atoms with E-state index in [-0.39, 0.29) is 30.4 Å². The van der Waals surface area contributed by atoms with Crippen LogP contribution in [0.5, 0.6) is 0 Å². The Balaban J connectivity index is -0.0000000267. The molecular weight excluding hydrogens is 287 g/mol. The molecule has 0 aliphatic rings. The summed E-state index contributed by atoms with van der Waals surface area (Å²) in [5, 5.41) is 0. The third-order valence-electron chi connectivity index (χ3n) is 0. The maximum Gasteiger partial charge on any atom is 2.00 e. The van der Waals surface area contributed by atoms with Gasteiger partial charge < -0.3 is 40.3 Å². The summed E-state index contributed by atoms with van der Waals surface area (Å²) >= 11 is 0. The first-order valence-corrected chi connectivity index (χ1v) is 4.59. The summed E-state index contributed by atoms with van der Waals surface area (Å²) in [6.45, 7) is 0. The third kappa shape index (κ3) is 2540. The van der Waals surface area contributed by atoms with Crippen molar-refractivity contribution >= 4 is 15.6 Å². The Morgan fingerprint density at radius 1 is 0.769 bits per heavy atom. The Bertz CT molecular complexity index is 125. The maximum atomic E-state index is 8.77. The summed E-state index contributed by atoms with van der Waals surface area (Å²) < 4.78 is 17.5. The van der Waals surface area contributed by atoms with Crippen molar-refractivity contribution in [1.82, 2.24) is 0 Å². The quantitative estimate of drug-likeness (QED) is 0.250. The van der Waals surface area contributed by atoms with Crippen LogP contribution < -0.4 is 9.79 Å². The number of hydrogen-bond donors (Lipinski definition) is 4. The molecule has 0 aliphatic heterocycles. The molecule has 13 heavy (non-hydrogen) atoms. The Kier molecular flexibility index (Phi) is 24.3. The van der Waals surface area contributed by atoms with Gasteiger partial charge in [-0.05, 0) is 0 Å². The molecule has 80 valence electrons. The van der Waals surface area contributed by atoms with E-state index < -0.39 is 15.6 Å². The van der Waals surface area contributed by atoms with Crippen molar-refractivity contribution in [3.8, 4) is 0 Å². The molecule has 0 radical (unpaired) electrons. The van der Waals surface area contributed by atoms with Gasteiger partial charge in [-0.2, -0.15) is 0 Å². The molecule has 0 spiro atoms. The molecule has 0 aliphatic carbocycles. The molecule has 0 unspecified atom stereocenters. The van der Waals surface area contributed by atoms with Crippen molar-refractivity contribution in [2.75, 3.05) is 0 Å². The van der Waals surface area contributed by atoms with Crippen molar-refractivity contribution in [2.24, 2.45) is 0 Å². The van der Waals surface area contributed by atoms with E-state index in [0.29, 0.717) is 0 Å². The van der Waals surface area contributed by atoms with Gasteiger partial charge >= 0.3 is 19.5 Å². The van der Waals surface area contributed by atoms with E-state index in [1.54, 1.807) is 0 Å². The summed E-state index contributed by atoms with van der Waals surface area (Å²) in [6, 6.07) is 0. The van der Waals surface area contributed by atoms with Crippen molar-refractivity contribution in [1.29, 1.82) is 0 Å². The Hall–Kier alpha value is 0.763. The number of phosphoric acid groups is 2. The molecule has 0 saturated carbocycles. The third-order valence-corrected chi connectivity index (χ3v) is 0. The molecule has 13 heteroatoms. The second-order valence-electron chi connectivity index (χ2n) is 0.981. The van der Waals surface area contributed by atoms with Gasteiger partial charge in [-0.1, -0.05) is 0 Å². The molecule has 10 nitrogen and oxygen atoms in total. The number of hydrogen-bond acceptors (Lipinski definition) is 4. The van der Waals surface area contributed by atoms with E-state index in [1.165, 1.54) is 0 Å². The van der Waals surface area contributed by atoms with Crippen molar-refractivity contribution in [2.45, 2.75) is 0 Å². The molecule has 0 amide bonds. The van der Waals surface area contributed by atoms with Gasteiger partial charge in [0, 0.05) is 0 Å². The van der Waals surface area contributed by atoms with Crippen LogP contribution in [0.3, 0.4) is 0 Å². The summed E-state index contributed by atoms with van der Waals surface area (Å²) in [5.41, 5.74) is 0.